The number of halogens is 1. The van der Waals surface area contributed by atoms with Gasteiger partial charge in [-0.05, 0) is 37.6 Å². The highest BCUT2D eigenvalue weighted by Gasteiger charge is 2.05. The summed E-state index contributed by atoms with van der Waals surface area (Å²) in [6.45, 7) is 3.41. The van der Waals surface area contributed by atoms with E-state index >= 15 is 0 Å². The number of carbonyl (C=O) groups is 2. The minimum absolute atomic E-state index is 0.0370. The van der Waals surface area contributed by atoms with Gasteiger partial charge in [0.15, 0.2) is 5.78 Å². The number of anilines is 1. The summed E-state index contributed by atoms with van der Waals surface area (Å²) in [5, 5.41) is 6.18. The van der Waals surface area contributed by atoms with E-state index in [1.54, 1.807) is 24.3 Å². The third kappa shape index (κ3) is 5.52. The topological polar surface area (TPSA) is 67.8 Å². The van der Waals surface area contributed by atoms with Crippen LogP contribution in [-0.2, 0) is 4.84 Å². The Morgan fingerprint density at radius 2 is 1.95 bits per heavy atom. The maximum Gasteiger partial charge on any atom is 0.437 e. The molecule has 5 nitrogen and oxygen atoms in total. The van der Waals surface area contributed by atoms with Crippen LogP contribution in [0, 0.1) is 0 Å². The molecule has 0 bridgehead atoms. The molecule has 1 aromatic carbocycles. The molecule has 0 atom stereocenters. The highest BCUT2D eigenvalue weighted by atomic mass is 35.5. The van der Waals surface area contributed by atoms with Crippen LogP contribution in [0.25, 0.3) is 0 Å². The first-order valence-corrected chi connectivity index (χ1v) is 6.22. The Kier molecular flexibility index (Phi) is 6.02. The monoisotopic (exact) mass is 282 g/mol. The van der Waals surface area contributed by atoms with E-state index in [4.69, 9.17) is 11.6 Å². The molecule has 0 aliphatic heterocycles. The Bertz CT molecular complexity index is 483. The molecule has 0 saturated carbocycles. The molecule has 1 aromatic rings. The van der Waals surface area contributed by atoms with Crippen molar-refractivity contribution in [3.8, 4) is 0 Å². The molecule has 0 aliphatic carbocycles. The molecule has 6 heteroatoms. The first kappa shape index (κ1) is 15.2. The number of carbonyl (C=O) groups excluding carboxylic acids is 2. The summed E-state index contributed by atoms with van der Waals surface area (Å²) in [6.07, 6.45) is 0.645. The van der Waals surface area contributed by atoms with Gasteiger partial charge in [-0.2, -0.15) is 0 Å². The van der Waals surface area contributed by atoms with E-state index in [0.29, 0.717) is 17.7 Å². The van der Waals surface area contributed by atoms with E-state index in [-0.39, 0.29) is 11.0 Å². The van der Waals surface area contributed by atoms with Crippen molar-refractivity contribution in [1.29, 1.82) is 0 Å². The predicted molar refractivity (Wildman–Crippen MR) is 74.7 cm³/mol. The number of ketones is 1. The maximum absolute atomic E-state index is 11.4. The Labute approximate surface area is 116 Å². The molecule has 0 aliphatic rings. The van der Waals surface area contributed by atoms with Crippen LogP contribution in [0.5, 0.6) is 0 Å². The molecule has 1 N–H and O–H groups in total. The minimum atomic E-state index is -0.732. The van der Waals surface area contributed by atoms with Gasteiger partial charge in [0.1, 0.15) is 5.17 Å². The molecule has 0 spiro atoms. The average molecular weight is 283 g/mol. The van der Waals surface area contributed by atoms with Crippen molar-refractivity contribution in [2.24, 2.45) is 5.16 Å². The van der Waals surface area contributed by atoms with Gasteiger partial charge in [-0.25, -0.2) is 4.79 Å². The Hall–Kier alpha value is -1.88. The Morgan fingerprint density at radius 3 is 2.47 bits per heavy atom. The number of rotatable bonds is 5. The summed E-state index contributed by atoms with van der Waals surface area (Å²) < 4.78 is 0. The quantitative estimate of drug-likeness (QED) is 0.387. The van der Waals surface area contributed by atoms with Gasteiger partial charge in [0.2, 0.25) is 0 Å². The number of oxime groups is 1. The largest absolute Gasteiger partial charge is 0.437 e. The molecule has 0 fully saturated rings. The lowest BCUT2D eigenvalue weighted by Crippen LogP contribution is -2.11. The molecule has 0 unspecified atom stereocenters. The predicted octanol–water partition coefficient (Wildman–Crippen LogP) is 3.79. The lowest BCUT2D eigenvalue weighted by Gasteiger charge is -2.03. The maximum atomic E-state index is 11.4. The van der Waals surface area contributed by atoms with Crippen LogP contribution in [0.2, 0.25) is 0 Å². The van der Waals surface area contributed by atoms with Crippen molar-refractivity contribution < 1.29 is 14.4 Å². The van der Waals surface area contributed by atoms with Gasteiger partial charge >= 0.3 is 6.09 Å². The van der Waals surface area contributed by atoms with Gasteiger partial charge in [-0.15, -0.1) is 0 Å². The number of hydrogen-bond donors (Lipinski definition) is 1. The fraction of sp³-hybridized carbons (Fsp3) is 0.308. The first-order valence-electron chi connectivity index (χ1n) is 5.84. The van der Waals surface area contributed by atoms with Crippen molar-refractivity contribution in [3.05, 3.63) is 29.8 Å². The average Bonchev–Trinajstić information content (AvgIpc) is 2.37. The number of benzene rings is 1. The molecule has 0 aromatic heterocycles. The molecule has 0 radical (unpaired) electrons. The lowest BCUT2D eigenvalue weighted by molar-refractivity contribution is 0.101. The standard InChI is InChI=1S/C13H15ClN2O3/c1-3-4-12(14)16-19-13(18)15-11-7-5-10(6-8-11)9(2)17/h5-8H,3-4H2,1-2H3,(H,15,18)/b16-12-. The molecule has 1 rings (SSSR count). The number of hydrogen-bond acceptors (Lipinski definition) is 4. The second-order valence-corrected chi connectivity index (χ2v) is 4.29. The molecule has 1 amide bonds. The summed E-state index contributed by atoms with van der Waals surface area (Å²) in [7, 11) is 0. The third-order valence-electron chi connectivity index (χ3n) is 2.22. The number of nitrogens with one attached hydrogen (secondary N) is 1. The van der Waals surface area contributed by atoms with Crippen molar-refractivity contribution in [2.45, 2.75) is 26.7 Å². The van der Waals surface area contributed by atoms with E-state index in [0.717, 1.165) is 6.42 Å². The smallest absolute Gasteiger partial charge is 0.297 e. The summed E-state index contributed by atoms with van der Waals surface area (Å²) >= 11 is 5.69. The zero-order valence-corrected chi connectivity index (χ0v) is 11.5. The SMILES string of the molecule is CCC/C(Cl)=N/OC(=O)Nc1ccc(C(C)=O)cc1. The van der Waals surface area contributed by atoms with Crippen LogP contribution in [0.3, 0.4) is 0 Å². The number of Topliss-reactive ketones (excluding diaryl/α,β-unsaturated/α-hetero) is 1. The molecule has 102 valence electrons. The van der Waals surface area contributed by atoms with Crippen LogP contribution < -0.4 is 5.32 Å². The van der Waals surface area contributed by atoms with Crippen molar-refractivity contribution >= 4 is 34.3 Å². The number of amides is 1. The zero-order valence-electron chi connectivity index (χ0n) is 10.8. The summed E-state index contributed by atoms with van der Waals surface area (Å²) in [5.41, 5.74) is 1.08. The van der Waals surface area contributed by atoms with Gasteiger partial charge in [-0.1, -0.05) is 23.7 Å². The van der Waals surface area contributed by atoms with E-state index < -0.39 is 6.09 Å². The Balaban J connectivity index is 2.53. The van der Waals surface area contributed by atoms with E-state index in [1.165, 1.54) is 6.92 Å². The van der Waals surface area contributed by atoms with Crippen LogP contribution >= 0.6 is 11.6 Å². The van der Waals surface area contributed by atoms with E-state index in [1.807, 2.05) is 6.92 Å². The van der Waals surface area contributed by atoms with Gasteiger partial charge in [-0.3, -0.25) is 14.9 Å². The second kappa shape index (κ2) is 7.53. The highest BCUT2D eigenvalue weighted by molar-refractivity contribution is 6.65. The summed E-state index contributed by atoms with van der Waals surface area (Å²) in [5.74, 6) is -0.0370. The van der Waals surface area contributed by atoms with Crippen LogP contribution in [0.15, 0.2) is 29.4 Å². The molecule has 0 saturated heterocycles. The highest BCUT2D eigenvalue weighted by Crippen LogP contribution is 2.10. The first-order chi connectivity index (χ1) is 9.02. The molecule has 19 heavy (non-hydrogen) atoms. The number of nitrogens with zero attached hydrogens (tertiary/aromatic N) is 1. The van der Waals surface area contributed by atoms with Gasteiger partial charge in [0, 0.05) is 17.7 Å². The zero-order chi connectivity index (χ0) is 14.3. The van der Waals surface area contributed by atoms with Crippen LogP contribution in [0.4, 0.5) is 10.5 Å². The van der Waals surface area contributed by atoms with Crippen molar-refractivity contribution in [3.63, 3.8) is 0 Å². The van der Waals surface area contributed by atoms with E-state index in [9.17, 15) is 9.59 Å². The van der Waals surface area contributed by atoms with Gasteiger partial charge < -0.3 is 0 Å². The van der Waals surface area contributed by atoms with Gasteiger partial charge in [0.05, 0.1) is 0 Å². The lowest BCUT2D eigenvalue weighted by atomic mass is 10.1. The van der Waals surface area contributed by atoms with Crippen molar-refractivity contribution in [2.75, 3.05) is 5.32 Å². The second-order valence-electron chi connectivity index (χ2n) is 3.85. The fourth-order valence-electron chi connectivity index (χ4n) is 1.27. The Morgan fingerprint density at radius 1 is 1.32 bits per heavy atom. The van der Waals surface area contributed by atoms with Crippen molar-refractivity contribution in [1.82, 2.24) is 0 Å². The normalized spacial score (nSPS) is 11.0. The third-order valence-corrected chi connectivity index (χ3v) is 2.48. The summed E-state index contributed by atoms with van der Waals surface area (Å²) in [4.78, 5) is 27.0. The van der Waals surface area contributed by atoms with E-state index in [2.05, 4.69) is 15.3 Å². The molecular formula is C13H15ClN2O3. The fourth-order valence-corrected chi connectivity index (χ4v) is 1.50. The summed E-state index contributed by atoms with van der Waals surface area (Å²) in [6, 6.07) is 6.45. The molecule has 0 heterocycles. The van der Waals surface area contributed by atoms with Gasteiger partial charge in [0.25, 0.3) is 0 Å². The minimum Gasteiger partial charge on any atom is -0.297 e. The van der Waals surface area contributed by atoms with Crippen LogP contribution in [0.1, 0.15) is 37.0 Å². The molecular weight excluding hydrogens is 268 g/mol. The van der Waals surface area contributed by atoms with Crippen LogP contribution in [-0.4, -0.2) is 17.0 Å².